The maximum atomic E-state index is 13.6. The molecule has 0 saturated heterocycles. The molecule has 0 atom stereocenters. The third kappa shape index (κ3) is 3.55. The van der Waals surface area contributed by atoms with Crippen LogP contribution in [0.25, 0.3) is 0 Å². The van der Waals surface area contributed by atoms with Crippen molar-refractivity contribution in [1.82, 2.24) is 5.32 Å². The summed E-state index contributed by atoms with van der Waals surface area (Å²) < 4.78 is 33.1. The molecule has 0 aliphatic carbocycles. The molecule has 1 N–H and O–H groups in total. The van der Waals surface area contributed by atoms with Gasteiger partial charge in [-0.05, 0) is 47.2 Å². The van der Waals surface area contributed by atoms with Crippen molar-refractivity contribution < 1.29 is 13.5 Å². The highest BCUT2D eigenvalue weighted by atomic mass is 79.9. The Morgan fingerprint density at radius 3 is 2.70 bits per heavy atom. The number of hydrogen-bond donors (Lipinski definition) is 1. The number of hydrogen-bond acceptors (Lipinski definition) is 2. The first kappa shape index (κ1) is 14.9. The molecule has 0 amide bonds. The fraction of sp³-hybridized carbons (Fsp3) is 0.200. The van der Waals surface area contributed by atoms with Gasteiger partial charge in [-0.1, -0.05) is 12.1 Å². The zero-order valence-corrected chi connectivity index (χ0v) is 12.5. The molecule has 2 nitrogen and oxygen atoms in total. The minimum Gasteiger partial charge on any atom is -0.487 e. The van der Waals surface area contributed by atoms with Gasteiger partial charge in [0.2, 0.25) is 0 Å². The Balaban J connectivity index is 2.20. The van der Waals surface area contributed by atoms with E-state index in [1.165, 1.54) is 0 Å². The van der Waals surface area contributed by atoms with Crippen molar-refractivity contribution in [3.8, 4) is 5.75 Å². The van der Waals surface area contributed by atoms with Gasteiger partial charge < -0.3 is 10.1 Å². The largest absolute Gasteiger partial charge is 0.487 e. The van der Waals surface area contributed by atoms with Gasteiger partial charge in [-0.15, -0.1) is 0 Å². The average molecular weight is 342 g/mol. The van der Waals surface area contributed by atoms with Crippen molar-refractivity contribution in [2.24, 2.45) is 0 Å². The lowest BCUT2D eigenvalue weighted by atomic mass is 10.2. The van der Waals surface area contributed by atoms with Crippen molar-refractivity contribution >= 4 is 15.9 Å². The third-order valence-electron chi connectivity index (χ3n) is 2.80. The summed E-state index contributed by atoms with van der Waals surface area (Å²) in [6.45, 7) is 0.601. The summed E-state index contributed by atoms with van der Waals surface area (Å²) >= 11 is 3.40. The van der Waals surface area contributed by atoms with E-state index >= 15 is 0 Å². The van der Waals surface area contributed by atoms with Gasteiger partial charge in [0.25, 0.3) is 0 Å². The maximum absolute atomic E-state index is 13.6. The van der Waals surface area contributed by atoms with Gasteiger partial charge in [0.1, 0.15) is 24.0 Å². The number of nitrogens with one attached hydrogen (secondary N) is 1. The summed E-state index contributed by atoms with van der Waals surface area (Å²) in [5.41, 5.74) is 1.13. The van der Waals surface area contributed by atoms with E-state index in [2.05, 4.69) is 21.2 Å². The fourth-order valence-electron chi connectivity index (χ4n) is 1.85. The van der Waals surface area contributed by atoms with Crippen molar-refractivity contribution in [3.05, 3.63) is 63.6 Å². The van der Waals surface area contributed by atoms with Crippen LogP contribution in [0.2, 0.25) is 0 Å². The van der Waals surface area contributed by atoms with E-state index in [0.29, 0.717) is 12.3 Å². The van der Waals surface area contributed by atoms with Crippen LogP contribution in [0.4, 0.5) is 8.78 Å². The number of ether oxygens (including phenoxy) is 1. The van der Waals surface area contributed by atoms with Gasteiger partial charge in [-0.25, -0.2) is 8.78 Å². The molecule has 0 saturated carbocycles. The van der Waals surface area contributed by atoms with Crippen LogP contribution >= 0.6 is 15.9 Å². The first-order valence-corrected chi connectivity index (χ1v) is 6.90. The summed E-state index contributed by atoms with van der Waals surface area (Å²) in [7, 11) is 1.83. The first-order valence-electron chi connectivity index (χ1n) is 6.10. The maximum Gasteiger partial charge on any atom is 0.138 e. The van der Waals surface area contributed by atoms with Crippen molar-refractivity contribution in [3.63, 3.8) is 0 Å². The zero-order valence-electron chi connectivity index (χ0n) is 10.9. The highest BCUT2D eigenvalue weighted by Crippen LogP contribution is 2.30. The normalized spacial score (nSPS) is 10.6. The number of benzene rings is 2. The monoisotopic (exact) mass is 341 g/mol. The lowest BCUT2D eigenvalue weighted by Crippen LogP contribution is -2.08. The van der Waals surface area contributed by atoms with Crippen molar-refractivity contribution in [2.45, 2.75) is 13.2 Å². The van der Waals surface area contributed by atoms with Crippen LogP contribution < -0.4 is 10.1 Å². The van der Waals surface area contributed by atoms with Crippen LogP contribution in [0.1, 0.15) is 11.1 Å². The minimum atomic E-state index is -0.479. The molecule has 0 fully saturated rings. The molecule has 2 aromatic rings. The van der Waals surface area contributed by atoms with E-state index < -0.39 is 11.6 Å². The molecule has 0 spiro atoms. The summed E-state index contributed by atoms with van der Waals surface area (Å²) in [5, 5.41) is 3.04. The summed E-state index contributed by atoms with van der Waals surface area (Å²) in [5.74, 6) is -0.327. The van der Waals surface area contributed by atoms with Gasteiger partial charge in [-0.3, -0.25) is 0 Å². The average Bonchev–Trinajstić information content (AvgIpc) is 2.42. The Labute approximate surface area is 124 Å². The lowest BCUT2D eigenvalue weighted by Gasteiger charge is -2.13. The van der Waals surface area contributed by atoms with Gasteiger partial charge >= 0.3 is 0 Å². The Morgan fingerprint density at radius 2 is 1.95 bits per heavy atom. The molecule has 0 radical (unpaired) electrons. The van der Waals surface area contributed by atoms with Gasteiger partial charge in [0.15, 0.2) is 0 Å². The molecule has 0 bridgehead atoms. The Bertz CT molecular complexity index is 604. The molecule has 0 unspecified atom stereocenters. The molecule has 106 valence electrons. The third-order valence-corrected chi connectivity index (χ3v) is 3.42. The summed E-state index contributed by atoms with van der Waals surface area (Å²) in [4.78, 5) is 0. The predicted octanol–water partition coefficient (Wildman–Crippen LogP) is 4.03. The Hall–Kier alpha value is -1.46. The molecule has 0 aliphatic heterocycles. The summed E-state index contributed by atoms with van der Waals surface area (Å²) in [6, 6.07) is 8.98. The molecule has 5 heteroatoms. The Morgan fingerprint density at radius 1 is 1.15 bits per heavy atom. The van der Waals surface area contributed by atoms with E-state index in [9.17, 15) is 8.78 Å². The van der Waals surface area contributed by atoms with Crippen LogP contribution in [0, 0.1) is 11.6 Å². The molecule has 0 heterocycles. The second-order valence-electron chi connectivity index (χ2n) is 4.28. The van der Waals surface area contributed by atoms with Crippen LogP contribution in [0.5, 0.6) is 5.75 Å². The second-order valence-corrected chi connectivity index (χ2v) is 5.14. The second kappa shape index (κ2) is 6.81. The fourth-order valence-corrected chi connectivity index (χ4v) is 2.37. The van der Waals surface area contributed by atoms with E-state index in [4.69, 9.17) is 4.74 Å². The van der Waals surface area contributed by atoms with Crippen LogP contribution in [-0.4, -0.2) is 7.05 Å². The molecule has 0 aromatic heterocycles. The predicted molar refractivity (Wildman–Crippen MR) is 77.6 cm³/mol. The van der Waals surface area contributed by atoms with E-state index in [1.54, 1.807) is 0 Å². The van der Waals surface area contributed by atoms with E-state index in [0.717, 1.165) is 28.2 Å². The standard InChI is InChI=1S/C15H14BrF2NO/c1-19-8-10-3-2-4-13(16)15(10)20-9-11-7-12(17)5-6-14(11)18/h2-7,19H,8-9H2,1H3. The molecular weight excluding hydrogens is 328 g/mol. The number of halogens is 3. The number of rotatable bonds is 5. The van der Waals surface area contributed by atoms with Crippen LogP contribution in [-0.2, 0) is 13.2 Å². The minimum absolute atomic E-state index is 0.0249. The van der Waals surface area contributed by atoms with Gasteiger partial charge in [0.05, 0.1) is 4.47 Å². The quantitative estimate of drug-likeness (QED) is 0.886. The van der Waals surface area contributed by atoms with E-state index in [-0.39, 0.29) is 12.2 Å². The molecule has 0 aliphatic rings. The summed E-state index contributed by atoms with van der Waals surface area (Å²) in [6.07, 6.45) is 0. The van der Waals surface area contributed by atoms with Gasteiger partial charge in [-0.2, -0.15) is 0 Å². The van der Waals surface area contributed by atoms with Crippen molar-refractivity contribution in [2.75, 3.05) is 7.05 Å². The topological polar surface area (TPSA) is 21.3 Å². The van der Waals surface area contributed by atoms with Gasteiger partial charge in [0, 0.05) is 17.7 Å². The molecule has 2 aromatic carbocycles. The zero-order chi connectivity index (χ0) is 14.5. The molecular formula is C15H14BrF2NO. The molecule has 2 rings (SSSR count). The SMILES string of the molecule is CNCc1cccc(Br)c1OCc1cc(F)ccc1F. The van der Waals surface area contributed by atoms with Crippen molar-refractivity contribution in [1.29, 1.82) is 0 Å². The van der Waals surface area contributed by atoms with Crippen LogP contribution in [0.3, 0.4) is 0 Å². The lowest BCUT2D eigenvalue weighted by molar-refractivity contribution is 0.293. The highest BCUT2D eigenvalue weighted by molar-refractivity contribution is 9.10. The first-order chi connectivity index (χ1) is 9.61. The smallest absolute Gasteiger partial charge is 0.138 e. The van der Waals surface area contributed by atoms with Crippen LogP contribution in [0.15, 0.2) is 40.9 Å². The highest BCUT2D eigenvalue weighted by Gasteiger charge is 2.10. The van der Waals surface area contributed by atoms with E-state index in [1.807, 2.05) is 25.2 Å². The Kier molecular flexibility index (Phi) is 5.09. The number of para-hydroxylation sites is 1. The molecule has 20 heavy (non-hydrogen) atoms.